The number of aromatic hydroxyl groups is 1. The van der Waals surface area contributed by atoms with Crippen LogP contribution in [-0.4, -0.2) is 22.1 Å². The van der Waals surface area contributed by atoms with Gasteiger partial charge in [0.15, 0.2) is 5.69 Å². The lowest BCUT2D eigenvalue weighted by Gasteiger charge is -2.17. The monoisotopic (exact) mass is 348 g/mol. The largest absolute Gasteiger partial charge is 0.506 e. The Morgan fingerprint density at radius 3 is 2.75 bits per heavy atom. The summed E-state index contributed by atoms with van der Waals surface area (Å²) in [6, 6.07) is 5.09. The van der Waals surface area contributed by atoms with E-state index in [4.69, 9.17) is 0 Å². The summed E-state index contributed by atoms with van der Waals surface area (Å²) in [5.74, 6) is -0.396. The van der Waals surface area contributed by atoms with Gasteiger partial charge in [0, 0.05) is 18.0 Å². The lowest BCUT2D eigenvalue weighted by Crippen LogP contribution is -2.34. The number of carbonyl (C=O) groups is 1. The van der Waals surface area contributed by atoms with Crippen molar-refractivity contribution in [3.63, 3.8) is 0 Å². The molecule has 2 rings (SSSR count). The molecule has 0 atom stereocenters. The highest BCUT2D eigenvalue weighted by atomic mass is 32.1. The number of carbonyl (C=O) groups excluding carboxylic acids is 1. The molecule has 0 aliphatic carbocycles. The summed E-state index contributed by atoms with van der Waals surface area (Å²) in [5, 5.41) is 15.1. The second kappa shape index (κ2) is 8.15. The molecule has 0 bridgehead atoms. The van der Waals surface area contributed by atoms with Crippen molar-refractivity contribution >= 4 is 17.2 Å². The van der Waals surface area contributed by atoms with Gasteiger partial charge >= 0.3 is 0 Å². The van der Waals surface area contributed by atoms with E-state index in [1.165, 1.54) is 22.0 Å². The molecule has 0 spiro atoms. The minimum absolute atomic E-state index is 0.0464. The van der Waals surface area contributed by atoms with E-state index in [2.05, 4.69) is 5.32 Å². The molecular weight excluding hydrogens is 324 g/mol. The zero-order valence-corrected chi connectivity index (χ0v) is 15.2. The molecule has 0 saturated heterocycles. The van der Waals surface area contributed by atoms with Crippen LogP contribution in [0.25, 0.3) is 10.4 Å². The molecule has 0 radical (unpaired) electrons. The number of pyridine rings is 1. The van der Waals surface area contributed by atoms with Crippen LogP contribution in [-0.2, 0) is 6.54 Å². The van der Waals surface area contributed by atoms with E-state index < -0.39 is 5.91 Å². The van der Waals surface area contributed by atoms with Gasteiger partial charge in [0.05, 0.1) is 5.56 Å². The van der Waals surface area contributed by atoms with Gasteiger partial charge in [-0.25, -0.2) is 0 Å². The summed E-state index contributed by atoms with van der Waals surface area (Å²) >= 11 is 1.43. The average molecular weight is 348 g/mol. The van der Waals surface area contributed by atoms with Crippen molar-refractivity contribution in [2.75, 3.05) is 6.54 Å². The van der Waals surface area contributed by atoms with Crippen LogP contribution in [0.1, 0.15) is 44.1 Å². The average Bonchev–Trinajstić information content (AvgIpc) is 3.04. The van der Waals surface area contributed by atoms with Gasteiger partial charge in [-0.3, -0.25) is 9.59 Å². The number of hydrogen-bond acceptors (Lipinski definition) is 4. The van der Waals surface area contributed by atoms with Crippen LogP contribution in [0.5, 0.6) is 5.75 Å². The van der Waals surface area contributed by atoms with E-state index in [1.54, 1.807) is 0 Å². The highest BCUT2D eigenvalue weighted by Gasteiger charge is 2.21. The maximum atomic E-state index is 12.9. The molecule has 24 heavy (non-hydrogen) atoms. The van der Waals surface area contributed by atoms with Gasteiger partial charge in [-0.15, -0.1) is 11.3 Å². The van der Waals surface area contributed by atoms with Crippen molar-refractivity contribution in [1.82, 2.24) is 9.88 Å². The number of nitrogens with zero attached hydrogens (tertiary/aromatic N) is 1. The molecule has 0 saturated carbocycles. The first-order valence-electron chi connectivity index (χ1n) is 8.24. The Kier molecular flexibility index (Phi) is 6.20. The summed E-state index contributed by atoms with van der Waals surface area (Å²) in [6.45, 7) is 6.88. The zero-order chi connectivity index (χ0) is 17.7. The predicted octanol–water partition coefficient (Wildman–Crippen LogP) is 3.47. The molecule has 2 N–H and O–H groups in total. The van der Waals surface area contributed by atoms with E-state index >= 15 is 0 Å². The maximum absolute atomic E-state index is 12.9. The number of rotatable bonds is 7. The third-order valence-corrected chi connectivity index (χ3v) is 4.54. The normalized spacial score (nSPS) is 11.0. The quantitative estimate of drug-likeness (QED) is 0.753. The molecule has 0 aliphatic heterocycles. The van der Waals surface area contributed by atoms with Crippen molar-refractivity contribution in [2.24, 2.45) is 5.92 Å². The summed E-state index contributed by atoms with van der Waals surface area (Å²) in [4.78, 5) is 26.1. The van der Waals surface area contributed by atoms with Gasteiger partial charge in [-0.2, -0.15) is 0 Å². The van der Waals surface area contributed by atoms with E-state index in [0.29, 0.717) is 18.7 Å². The topological polar surface area (TPSA) is 71.3 Å². The molecule has 6 heteroatoms. The Morgan fingerprint density at radius 1 is 1.42 bits per heavy atom. The molecule has 5 nitrogen and oxygen atoms in total. The lowest BCUT2D eigenvalue weighted by atomic mass is 10.1. The maximum Gasteiger partial charge on any atom is 0.271 e. The van der Waals surface area contributed by atoms with Gasteiger partial charge < -0.3 is 15.0 Å². The highest BCUT2D eigenvalue weighted by molar-refractivity contribution is 7.13. The summed E-state index contributed by atoms with van der Waals surface area (Å²) in [6.07, 6.45) is 1.82. The number of amides is 1. The molecule has 2 aromatic rings. The summed E-state index contributed by atoms with van der Waals surface area (Å²) < 4.78 is 1.40. The number of hydrogen-bond donors (Lipinski definition) is 2. The lowest BCUT2D eigenvalue weighted by molar-refractivity contribution is 0.0938. The van der Waals surface area contributed by atoms with Crippen molar-refractivity contribution in [1.29, 1.82) is 0 Å². The van der Waals surface area contributed by atoms with Crippen LogP contribution >= 0.6 is 11.3 Å². The van der Waals surface area contributed by atoms with Gasteiger partial charge in [-0.05, 0) is 29.9 Å². The van der Waals surface area contributed by atoms with Crippen molar-refractivity contribution in [3.8, 4) is 16.2 Å². The van der Waals surface area contributed by atoms with Crippen molar-refractivity contribution in [3.05, 3.63) is 39.6 Å². The minimum Gasteiger partial charge on any atom is -0.506 e. The van der Waals surface area contributed by atoms with E-state index in [0.717, 1.165) is 17.7 Å². The number of aromatic nitrogens is 1. The smallest absolute Gasteiger partial charge is 0.271 e. The van der Waals surface area contributed by atoms with E-state index in [9.17, 15) is 14.7 Å². The van der Waals surface area contributed by atoms with Crippen LogP contribution < -0.4 is 10.9 Å². The number of nitrogens with one attached hydrogen (secondary N) is 1. The Morgan fingerprint density at radius 2 is 2.17 bits per heavy atom. The van der Waals surface area contributed by atoms with Crippen molar-refractivity contribution < 1.29 is 9.90 Å². The Hall–Kier alpha value is -2.08. The molecule has 1 amide bonds. The first-order valence-corrected chi connectivity index (χ1v) is 9.12. The predicted molar refractivity (Wildman–Crippen MR) is 97.8 cm³/mol. The second-order valence-electron chi connectivity index (χ2n) is 6.19. The third kappa shape index (κ3) is 4.06. The van der Waals surface area contributed by atoms with Gasteiger partial charge in [0.25, 0.3) is 11.5 Å². The first-order chi connectivity index (χ1) is 11.5. The summed E-state index contributed by atoms with van der Waals surface area (Å²) in [5.41, 5.74) is 0.225. The van der Waals surface area contributed by atoms with Crippen LogP contribution in [0, 0.1) is 5.92 Å². The molecule has 0 unspecified atom stereocenters. The molecule has 0 aromatic carbocycles. The van der Waals surface area contributed by atoms with Crippen LogP contribution in [0.3, 0.4) is 0 Å². The zero-order valence-electron chi connectivity index (χ0n) is 14.3. The standard InChI is InChI=1S/C18H24N2O3S/c1-4-5-8-19-17(22)16-14(21)10-13(15-7-6-9-24-15)18(23)20(16)11-12(2)3/h6-7,9-10,12,21H,4-5,8,11H2,1-3H3,(H,19,22). The van der Waals surface area contributed by atoms with Crippen molar-refractivity contribution in [2.45, 2.75) is 40.2 Å². The molecule has 2 heterocycles. The second-order valence-corrected chi connectivity index (χ2v) is 7.14. The fraction of sp³-hybridized carbons (Fsp3) is 0.444. The first kappa shape index (κ1) is 18.3. The Bertz CT molecular complexity index is 748. The summed E-state index contributed by atoms with van der Waals surface area (Å²) in [7, 11) is 0. The highest BCUT2D eigenvalue weighted by Crippen LogP contribution is 2.27. The minimum atomic E-state index is -0.406. The molecule has 130 valence electrons. The van der Waals surface area contributed by atoms with Gasteiger partial charge in [0.1, 0.15) is 5.75 Å². The van der Waals surface area contributed by atoms with E-state index in [1.807, 2.05) is 38.3 Å². The molecule has 2 aromatic heterocycles. The Labute approximate surface area is 146 Å². The Balaban J connectivity index is 2.51. The third-order valence-electron chi connectivity index (χ3n) is 3.63. The number of thiophene rings is 1. The number of unbranched alkanes of at least 4 members (excludes halogenated alkanes) is 1. The molecule has 0 aliphatic rings. The van der Waals surface area contributed by atoms with Gasteiger partial charge in [-0.1, -0.05) is 33.3 Å². The van der Waals surface area contributed by atoms with Crippen LogP contribution in [0.15, 0.2) is 28.4 Å². The van der Waals surface area contributed by atoms with Crippen LogP contribution in [0.2, 0.25) is 0 Å². The molecular formula is C18H24N2O3S. The van der Waals surface area contributed by atoms with Crippen LogP contribution in [0.4, 0.5) is 0 Å². The fourth-order valence-corrected chi connectivity index (χ4v) is 3.24. The fourth-order valence-electron chi connectivity index (χ4n) is 2.50. The van der Waals surface area contributed by atoms with Gasteiger partial charge in [0.2, 0.25) is 0 Å². The molecule has 0 fully saturated rings. The van der Waals surface area contributed by atoms with E-state index in [-0.39, 0.29) is 22.9 Å². The SMILES string of the molecule is CCCCNC(=O)c1c(O)cc(-c2cccs2)c(=O)n1CC(C)C.